The van der Waals surface area contributed by atoms with Crippen LogP contribution in [0.25, 0.3) is 0 Å². The molecule has 2 rings (SSSR count). The highest BCUT2D eigenvalue weighted by Gasteiger charge is 2.21. The van der Waals surface area contributed by atoms with Gasteiger partial charge in [-0.2, -0.15) is 0 Å². The van der Waals surface area contributed by atoms with Crippen LogP contribution in [0, 0.1) is 0 Å². The maximum absolute atomic E-state index is 12.6. The Morgan fingerprint density at radius 3 is 2.64 bits per heavy atom. The summed E-state index contributed by atoms with van der Waals surface area (Å²) in [7, 11) is -2.37. The van der Waals surface area contributed by atoms with Gasteiger partial charge in [-0.05, 0) is 36.1 Å². The Labute approximate surface area is 139 Å². The molecule has 0 radical (unpaired) electrons. The van der Waals surface area contributed by atoms with Crippen molar-refractivity contribution in [1.29, 1.82) is 0 Å². The molecule has 0 amide bonds. The van der Waals surface area contributed by atoms with E-state index in [-0.39, 0.29) is 10.6 Å². The second-order valence-corrected chi connectivity index (χ2v) is 7.72. The first-order valence-electron chi connectivity index (χ1n) is 6.56. The van der Waals surface area contributed by atoms with Gasteiger partial charge in [-0.15, -0.1) is 11.8 Å². The molecule has 118 valence electrons. The summed E-state index contributed by atoms with van der Waals surface area (Å²) in [6, 6.07) is 11.7. The van der Waals surface area contributed by atoms with Crippen LogP contribution in [0.2, 0.25) is 5.02 Å². The van der Waals surface area contributed by atoms with Gasteiger partial charge in [0.05, 0.1) is 12.8 Å². The maximum atomic E-state index is 12.6. The number of hydrogen-bond acceptors (Lipinski definition) is 4. The van der Waals surface area contributed by atoms with E-state index in [0.29, 0.717) is 10.7 Å². The van der Waals surface area contributed by atoms with E-state index >= 15 is 0 Å². The lowest BCUT2D eigenvalue weighted by Crippen LogP contribution is -2.14. The Hall–Kier alpha value is -1.37. The zero-order valence-electron chi connectivity index (χ0n) is 12.2. The van der Waals surface area contributed by atoms with Gasteiger partial charge in [0.25, 0.3) is 10.0 Å². The Balaban J connectivity index is 2.43. The fraction of sp³-hybridized carbons (Fsp3) is 0.200. The third-order valence-electron chi connectivity index (χ3n) is 2.85. The summed E-state index contributed by atoms with van der Waals surface area (Å²) in [5.41, 5.74) is 0.538. The van der Waals surface area contributed by atoms with Crippen molar-refractivity contribution >= 4 is 39.1 Å². The summed E-state index contributed by atoms with van der Waals surface area (Å²) in [6.07, 6.45) is 0. The second-order valence-electron chi connectivity index (χ2n) is 4.33. The number of hydrogen-bond donors (Lipinski definition) is 1. The predicted octanol–water partition coefficient (Wildman–Crippen LogP) is 4.26. The van der Waals surface area contributed by atoms with Crippen LogP contribution in [0.15, 0.2) is 52.3 Å². The molecule has 22 heavy (non-hydrogen) atoms. The molecule has 0 heterocycles. The van der Waals surface area contributed by atoms with Crippen LogP contribution in [0.5, 0.6) is 5.75 Å². The van der Waals surface area contributed by atoms with E-state index in [1.807, 2.05) is 19.1 Å². The zero-order chi connectivity index (χ0) is 16.2. The Morgan fingerprint density at radius 2 is 1.95 bits per heavy atom. The van der Waals surface area contributed by atoms with Gasteiger partial charge in [0, 0.05) is 9.92 Å². The number of ether oxygens (including phenoxy) is 1. The van der Waals surface area contributed by atoms with E-state index in [1.165, 1.54) is 19.2 Å². The lowest BCUT2D eigenvalue weighted by molar-refractivity contribution is 0.403. The van der Waals surface area contributed by atoms with Crippen LogP contribution in [0.3, 0.4) is 0 Å². The van der Waals surface area contributed by atoms with E-state index < -0.39 is 10.0 Å². The summed E-state index contributed by atoms with van der Waals surface area (Å²) >= 11 is 7.48. The van der Waals surface area contributed by atoms with Gasteiger partial charge in [-0.3, -0.25) is 4.72 Å². The Morgan fingerprint density at radius 1 is 1.23 bits per heavy atom. The van der Waals surface area contributed by atoms with Crippen molar-refractivity contribution in [3.8, 4) is 5.75 Å². The molecule has 0 bridgehead atoms. The molecule has 2 aromatic carbocycles. The highest BCUT2D eigenvalue weighted by molar-refractivity contribution is 7.99. The Kier molecular flexibility index (Phi) is 5.61. The molecule has 0 spiro atoms. The first kappa shape index (κ1) is 17.0. The quantitative estimate of drug-likeness (QED) is 0.785. The number of para-hydroxylation sites is 1. The summed E-state index contributed by atoms with van der Waals surface area (Å²) < 4.78 is 33.0. The fourth-order valence-corrected chi connectivity index (χ4v) is 4.23. The van der Waals surface area contributed by atoms with Crippen LogP contribution in [0.4, 0.5) is 5.69 Å². The van der Waals surface area contributed by atoms with E-state index in [9.17, 15) is 8.42 Å². The van der Waals surface area contributed by atoms with Crippen molar-refractivity contribution in [2.75, 3.05) is 17.6 Å². The number of rotatable bonds is 6. The van der Waals surface area contributed by atoms with Crippen molar-refractivity contribution < 1.29 is 13.2 Å². The second kappa shape index (κ2) is 7.26. The van der Waals surface area contributed by atoms with Crippen molar-refractivity contribution in [2.24, 2.45) is 0 Å². The molecule has 0 saturated heterocycles. The fourth-order valence-electron chi connectivity index (χ4n) is 1.89. The summed E-state index contributed by atoms with van der Waals surface area (Å²) in [4.78, 5) is 0.883. The SMILES string of the molecule is CCSc1ccccc1NS(=O)(=O)c1cc(Cl)ccc1OC. The lowest BCUT2D eigenvalue weighted by Gasteiger charge is -2.14. The van der Waals surface area contributed by atoms with Gasteiger partial charge in [-0.25, -0.2) is 8.42 Å². The van der Waals surface area contributed by atoms with Gasteiger partial charge in [0.15, 0.2) is 0 Å². The number of benzene rings is 2. The van der Waals surface area contributed by atoms with Gasteiger partial charge in [0.1, 0.15) is 10.6 Å². The largest absolute Gasteiger partial charge is 0.495 e. The lowest BCUT2D eigenvalue weighted by atomic mass is 10.3. The highest BCUT2D eigenvalue weighted by atomic mass is 35.5. The van der Waals surface area contributed by atoms with E-state index in [1.54, 1.807) is 30.0 Å². The average molecular weight is 358 g/mol. The topological polar surface area (TPSA) is 55.4 Å². The average Bonchev–Trinajstić information content (AvgIpc) is 2.49. The first-order chi connectivity index (χ1) is 10.5. The third-order valence-corrected chi connectivity index (χ3v) is 5.42. The molecule has 4 nitrogen and oxygen atoms in total. The molecule has 0 unspecified atom stereocenters. The minimum absolute atomic E-state index is 0.0128. The minimum atomic E-state index is -3.79. The number of thioether (sulfide) groups is 1. The van der Waals surface area contributed by atoms with Gasteiger partial charge < -0.3 is 4.74 Å². The van der Waals surface area contributed by atoms with Gasteiger partial charge in [-0.1, -0.05) is 30.7 Å². The monoisotopic (exact) mass is 357 g/mol. The number of anilines is 1. The molecule has 0 aliphatic carbocycles. The number of sulfonamides is 1. The van der Waals surface area contributed by atoms with Gasteiger partial charge in [0.2, 0.25) is 0 Å². The molecule has 0 saturated carbocycles. The zero-order valence-corrected chi connectivity index (χ0v) is 14.6. The molecule has 1 N–H and O–H groups in total. The number of nitrogens with one attached hydrogen (secondary N) is 1. The molecule has 0 aliphatic rings. The van der Waals surface area contributed by atoms with Gasteiger partial charge >= 0.3 is 0 Å². The minimum Gasteiger partial charge on any atom is -0.495 e. The smallest absolute Gasteiger partial charge is 0.265 e. The molecule has 0 atom stereocenters. The molecule has 0 fully saturated rings. The van der Waals surface area contributed by atoms with Crippen LogP contribution >= 0.6 is 23.4 Å². The van der Waals surface area contributed by atoms with E-state index in [4.69, 9.17) is 16.3 Å². The summed E-state index contributed by atoms with van der Waals surface area (Å²) in [5.74, 6) is 1.09. The van der Waals surface area contributed by atoms with Crippen LogP contribution in [0.1, 0.15) is 6.92 Å². The van der Waals surface area contributed by atoms with Crippen LogP contribution in [-0.4, -0.2) is 21.3 Å². The van der Waals surface area contributed by atoms with Crippen molar-refractivity contribution in [3.05, 3.63) is 47.5 Å². The summed E-state index contributed by atoms with van der Waals surface area (Å²) in [6.45, 7) is 2.01. The molecular formula is C15H16ClNO3S2. The molecular weight excluding hydrogens is 342 g/mol. The summed E-state index contributed by atoms with van der Waals surface area (Å²) in [5, 5.41) is 0.331. The molecule has 0 aliphatic heterocycles. The molecule has 7 heteroatoms. The predicted molar refractivity (Wildman–Crippen MR) is 91.7 cm³/mol. The van der Waals surface area contributed by atoms with Crippen LogP contribution in [-0.2, 0) is 10.0 Å². The number of halogens is 1. The maximum Gasteiger partial charge on any atom is 0.265 e. The van der Waals surface area contributed by atoms with E-state index in [2.05, 4.69) is 4.72 Å². The van der Waals surface area contributed by atoms with E-state index in [0.717, 1.165) is 10.6 Å². The molecule has 2 aromatic rings. The third kappa shape index (κ3) is 3.88. The normalized spacial score (nSPS) is 11.2. The van der Waals surface area contributed by atoms with Crippen molar-refractivity contribution in [3.63, 3.8) is 0 Å². The standard InChI is InChI=1S/C15H16ClNO3S2/c1-3-21-14-7-5-4-6-12(14)17-22(18,19)15-10-11(16)8-9-13(15)20-2/h4-10,17H,3H2,1-2H3. The van der Waals surface area contributed by atoms with Crippen LogP contribution < -0.4 is 9.46 Å². The first-order valence-corrected chi connectivity index (χ1v) is 9.40. The Bertz CT molecular complexity index is 763. The highest BCUT2D eigenvalue weighted by Crippen LogP contribution is 2.32. The molecule has 0 aromatic heterocycles. The van der Waals surface area contributed by atoms with Crippen molar-refractivity contribution in [1.82, 2.24) is 0 Å². The number of methoxy groups -OCH3 is 1. The van der Waals surface area contributed by atoms with Crippen molar-refractivity contribution in [2.45, 2.75) is 16.7 Å².